The zero-order chi connectivity index (χ0) is 27.7. The van der Waals surface area contributed by atoms with E-state index < -0.39 is 34.8 Å². The molecule has 39 heavy (non-hydrogen) atoms. The number of hydroxylamine groups is 1. The first-order chi connectivity index (χ1) is 18.8. The molecule has 10 heteroatoms. The van der Waals surface area contributed by atoms with Crippen LogP contribution in [0.4, 0.5) is 4.79 Å². The van der Waals surface area contributed by atoms with Gasteiger partial charge in [0.2, 0.25) is 0 Å². The Balaban J connectivity index is 1.55. The quantitative estimate of drug-likeness (QED) is 0.268. The molecule has 1 fully saturated rings. The Morgan fingerprint density at radius 2 is 1.59 bits per heavy atom. The van der Waals surface area contributed by atoms with Gasteiger partial charge in [-0.2, -0.15) is 0 Å². The number of carboxylic acid groups (broad SMARTS) is 1. The number of rotatable bonds is 13. The lowest BCUT2D eigenvalue weighted by Crippen LogP contribution is -2.50. The van der Waals surface area contributed by atoms with Gasteiger partial charge in [-0.25, -0.2) is 13.2 Å². The van der Waals surface area contributed by atoms with E-state index in [1.165, 1.54) is 12.1 Å². The molecule has 3 aromatic rings. The molecule has 9 nitrogen and oxygen atoms in total. The third-order valence-electron chi connectivity index (χ3n) is 6.60. The van der Waals surface area contributed by atoms with E-state index in [2.05, 4.69) is 5.32 Å². The molecule has 208 valence electrons. The second-order valence-electron chi connectivity index (χ2n) is 9.56. The topological polar surface area (TPSA) is 125 Å². The highest BCUT2D eigenvalue weighted by Crippen LogP contribution is 2.27. The maximum absolute atomic E-state index is 13.8. The predicted molar refractivity (Wildman–Crippen MR) is 146 cm³/mol. The van der Waals surface area contributed by atoms with Gasteiger partial charge in [0.25, 0.3) is 10.0 Å². The Labute approximate surface area is 229 Å². The highest BCUT2D eigenvalue weighted by molar-refractivity contribution is 7.89. The van der Waals surface area contributed by atoms with Crippen LogP contribution in [-0.2, 0) is 27.9 Å². The van der Waals surface area contributed by atoms with E-state index in [4.69, 9.17) is 9.57 Å². The van der Waals surface area contributed by atoms with E-state index in [0.29, 0.717) is 18.6 Å². The second kappa shape index (κ2) is 13.6. The smallest absolute Gasteiger partial charge is 0.404 e. The van der Waals surface area contributed by atoms with Crippen LogP contribution >= 0.6 is 0 Å². The molecule has 4 rings (SSSR count). The monoisotopic (exact) mass is 554 g/mol. The van der Waals surface area contributed by atoms with E-state index in [1.54, 1.807) is 12.1 Å². The van der Waals surface area contributed by atoms with Crippen LogP contribution in [0.2, 0.25) is 0 Å². The summed E-state index contributed by atoms with van der Waals surface area (Å²) >= 11 is 0. The highest BCUT2D eigenvalue weighted by atomic mass is 32.2. The summed E-state index contributed by atoms with van der Waals surface area (Å²) in [5.74, 6) is 0.371. The minimum absolute atomic E-state index is 0.0518. The van der Waals surface area contributed by atoms with Crippen LogP contribution in [-0.4, -0.2) is 54.0 Å². The number of nitrogens with zero attached hydrogens (tertiary/aromatic N) is 1. The first-order valence-electron chi connectivity index (χ1n) is 13.0. The van der Waals surface area contributed by atoms with Crippen LogP contribution in [0, 0.1) is 0 Å². The van der Waals surface area contributed by atoms with E-state index in [1.807, 2.05) is 60.7 Å². The van der Waals surface area contributed by atoms with Crippen LogP contribution in [0.5, 0.6) is 5.75 Å². The lowest BCUT2D eigenvalue weighted by Gasteiger charge is -2.30. The molecular formula is C29H34N2O7S. The third-order valence-corrected chi connectivity index (χ3v) is 8.22. The van der Waals surface area contributed by atoms with Gasteiger partial charge in [0.15, 0.2) is 0 Å². The van der Waals surface area contributed by atoms with Crippen LogP contribution in [0.25, 0.3) is 0 Å². The van der Waals surface area contributed by atoms with Gasteiger partial charge >= 0.3 is 6.09 Å². The summed E-state index contributed by atoms with van der Waals surface area (Å²) in [5.41, 5.74) is 1.74. The molecule has 0 unspecified atom stereocenters. The van der Waals surface area contributed by atoms with E-state index in [9.17, 15) is 23.4 Å². The number of aliphatic hydroxyl groups is 1. The SMILES string of the molecule is O=C(O)N[C@@H](Cc1ccccc1)[C@@H](O)CN(OC1CCCC1)S(=O)(=O)c1cccc(OCc2ccccc2)c1. The summed E-state index contributed by atoms with van der Waals surface area (Å²) in [7, 11) is -4.23. The first-order valence-corrected chi connectivity index (χ1v) is 14.4. The molecule has 0 radical (unpaired) electrons. The van der Waals surface area contributed by atoms with Gasteiger partial charge in [0.1, 0.15) is 12.4 Å². The maximum atomic E-state index is 13.8. The van der Waals surface area contributed by atoms with Gasteiger partial charge in [0.05, 0.1) is 29.7 Å². The number of benzene rings is 3. The second-order valence-corrected chi connectivity index (χ2v) is 11.4. The fraction of sp³-hybridized carbons (Fsp3) is 0.345. The molecule has 3 N–H and O–H groups in total. The Bertz CT molecular complexity index is 1300. The van der Waals surface area contributed by atoms with Crippen LogP contribution in [0.15, 0.2) is 89.8 Å². The Kier molecular flexibility index (Phi) is 9.94. The van der Waals surface area contributed by atoms with Crippen molar-refractivity contribution in [2.75, 3.05) is 6.54 Å². The van der Waals surface area contributed by atoms with Crippen LogP contribution < -0.4 is 10.1 Å². The molecule has 0 bridgehead atoms. The fourth-order valence-corrected chi connectivity index (χ4v) is 5.87. The fourth-order valence-electron chi connectivity index (χ4n) is 4.53. The van der Waals surface area contributed by atoms with E-state index in [-0.39, 0.29) is 24.0 Å². The molecule has 0 saturated heterocycles. The zero-order valence-electron chi connectivity index (χ0n) is 21.6. The zero-order valence-corrected chi connectivity index (χ0v) is 22.4. The number of amides is 1. The number of nitrogens with one attached hydrogen (secondary N) is 1. The van der Waals surface area contributed by atoms with Crippen molar-refractivity contribution in [3.63, 3.8) is 0 Å². The summed E-state index contributed by atoms with van der Waals surface area (Å²) < 4.78 is 34.2. The Morgan fingerprint density at radius 1 is 0.949 bits per heavy atom. The summed E-state index contributed by atoms with van der Waals surface area (Å²) in [6, 6.07) is 23.8. The Morgan fingerprint density at radius 3 is 2.23 bits per heavy atom. The number of aliphatic hydroxyl groups excluding tert-OH is 1. The van der Waals surface area contributed by atoms with Crippen molar-refractivity contribution in [2.24, 2.45) is 0 Å². The minimum Gasteiger partial charge on any atom is -0.489 e. The Hall–Kier alpha value is -3.44. The van der Waals surface area contributed by atoms with Crippen molar-refractivity contribution in [1.82, 2.24) is 9.79 Å². The van der Waals surface area contributed by atoms with Gasteiger partial charge in [0, 0.05) is 6.07 Å². The molecule has 0 aromatic heterocycles. The molecule has 2 atom stereocenters. The van der Waals surface area contributed by atoms with Crippen LogP contribution in [0.1, 0.15) is 36.8 Å². The van der Waals surface area contributed by atoms with Crippen molar-refractivity contribution in [3.8, 4) is 5.75 Å². The summed E-state index contributed by atoms with van der Waals surface area (Å²) in [6.45, 7) is -0.181. The summed E-state index contributed by atoms with van der Waals surface area (Å²) in [4.78, 5) is 17.4. The lowest BCUT2D eigenvalue weighted by atomic mass is 10.0. The number of sulfonamides is 1. The van der Waals surface area contributed by atoms with E-state index >= 15 is 0 Å². The average molecular weight is 555 g/mol. The maximum Gasteiger partial charge on any atom is 0.404 e. The largest absolute Gasteiger partial charge is 0.489 e. The summed E-state index contributed by atoms with van der Waals surface area (Å²) in [6.07, 6.45) is 0.395. The number of hydrogen-bond donors (Lipinski definition) is 3. The molecule has 1 saturated carbocycles. The summed E-state index contributed by atoms with van der Waals surface area (Å²) in [5, 5.41) is 22.8. The van der Waals surface area contributed by atoms with Crippen LogP contribution in [0.3, 0.4) is 0 Å². The molecular weight excluding hydrogens is 520 g/mol. The van der Waals surface area contributed by atoms with Crippen molar-refractivity contribution in [3.05, 3.63) is 96.1 Å². The highest BCUT2D eigenvalue weighted by Gasteiger charge is 2.34. The first kappa shape index (κ1) is 28.6. The normalized spacial score (nSPS) is 15.6. The molecule has 3 aromatic carbocycles. The van der Waals surface area contributed by atoms with Gasteiger partial charge in [-0.3, -0.25) is 4.84 Å². The van der Waals surface area contributed by atoms with Crippen molar-refractivity contribution < 1.29 is 33.0 Å². The van der Waals surface area contributed by atoms with Crippen molar-refractivity contribution in [1.29, 1.82) is 0 Å². The van der Waals surface area contributed by atoms with Gasteiger partial charge < -0.3 is 20.3 Å². The average Bonchev–Trinajstić information content (AvgIpc) is 3.45. The van der Waals surface area contributed by atoms with Crippen molar-refractivity contribution >= 4 is 16.1 Å². The van der Waals surface area contributed by atoms with E-state index in [0.717, 1.165) is 28.4 Å². The van der Waals surface area contributed by atoms with Gasteiger partial charge in [-0.15, -0.1) is 0 Å². The molecule has 0 heterocycles. The number of ether oxygens (including phenoxy) is 1. The molecule has 0 aliphatic heterocycles. The molecule has 1 aliphatic rings. The van der Waals surface area contributed by atoms with Gasteiger partial charge in [-0.05, 0) is 42.5 Å². The number of hydrogen-bond acceptors (Lipinski definition) is 6. The number of carbonyl (C=O) groups is 1. The lowest BCUT2D eigenvalue weighted by molar-refractivity contribution is -0.145. The molecule has 1 aliphatic carbocycles. The minimum atomic E-state index is -4.23. The molecule has 1 amide bonds. The standard InChI is InChI=1S/C29H34N2O7S/c32-28(27(30-29(33)34)18-22-10-3-1-4-11-22)20-31(38-24-14-7-8-15-24)39(35,36)26-17-9-16-25(19-26)37-21-23-12-5-2-6-13-23/h1-6,9-13,16-17,19,24,27-28,30,32H,7-8,14-15,18,20-21H2,(H,33,34)/t27-,28-/m0/s1. The van der Waals surface area contributed by atoms with Crippen molar-refractivity contribution in [2.45, 2.75) is 61.9 Å². The third kappa shape index (κ3) is 8.27. The predicted octanol–water partition coefficient (Wildman–Crippen LogP) is 4.37. The molecule has 0 spiro atoms. The van der Waals surface area contributed by atoms with Gasteiger partial charge in [-0.1, -0.05) is 84.0 Å².